The fourth-order valence-electron chi connectivity index (χ4n) is 3.86. The summed E-state index contributed by atoms with van der Waals surface area (Å²) in [4.78, 5) is 2.32. The Morgan fingerprint density at radius 3 is 1.27 bits per heavy atom. The quantitative estimate of drug-likeness (QED) is 0.315. The van der Waals surface area contributed by atoms with Crippen LogP contribution in [-0.2, 0) is 5.41 Å². The highest BCUT2D eigenvalue weighted by Crippen LogP contribution is 2.35. The Labute approximate surface area is 200 Å². The van der Waals surface area contributed by atoms with Gasteiger partial charge in [-0.15, -0.1) is 0 Å². The van der Waals surface area contributed by atoms with Crippen LogP contribution in [0.4, 0.5) is 17.1 Å². The number of nitrogens with zero attached hydrogens (tertiary/aromatic N) is 1. The molecule has 0 aliphatic rings. The molecule has 0 radical (unpaired) electrons. The van der Waals surface area contributed by atoms with Crippen molar-refractivity contribution in [3.63, 3.8) is 0 Å². The molecule has 4 aromatic rings. The average molecular weight is 427 g/mol. The van der Waals surface area contributed by atoms with E-state index in [4.69, 9.17) is 0 Å². The van der Waals surface area contributed by atoms with Gasteiger partial charge in [-0.25, -0.2) is 0 Å². The Balaban J connectivity index is 1.65. The third kappa shape index (κ3) is 5.68. The van der Waals surface area contributed by atoms with Crippen LogP contribution in [0.2, 0.25) is 0 Å². The molecule has 4 rings (SSSR count). The Kier molecular flexibility index (Phi) is 6.60. The smallest absolute Gasteiger partial charge is 0.139 e. The lowest BCUT2D eigenvalue weighted by Gasteiger charge is -2.27. The molecule has 0 heterocycles. The lowest BCUT2D eigenvalue weighted by Crippen LogP contribution is -2.13. The van der Waals surface area contributed by atoms with Gasteiger partial charge in [0.05, 0.1) is 0 Å². The van der Waals surface area contributed by atoms with Crippen LogP contribution in [0.5, 0.6) is 0 Å². The third-order valence-electron chi connectivity index (χ3n) is 5.98. The predicted molar refractivity (Wildman–Crippen MR) is 152 cm³/mol. The summed E-state index contributed by atoms with van der Waals surface area (Å²) in [7, 11) is 4.24. The summed E-state index contributed by atoms with van der Waals surface area (Å²) in [6, 6.07) is 35.0. The van der Waals surface area contributed by atoms with Crippen LogP contribution in [0.15, 0.2) is 97.1 Å². The van der Waals surface area contributed by atoms with Gasteiger partial charge in [0.15, 0.2) is 0 Å². The van der Waals surface area contributed by atoms with Gasteiger partial charge in [-0.3, -0.25) is 0 Å². The maximum absolute atomic E-state index is 2.32. The minimum Gasteiger partial charge on any atom is -0.311 e. The second-order valence-electron chi connectivity index (χ2n) is 9.80. The van der Waals surface area contributed by atoms with Crippen LogP contribution in [0.25, 0.3) is 12.2 Å². The van der Waals surface area contributed by atoms with E-state index in [1.807, 2.05) is 0 Å². The van der Waals surface area contributed by atoms with Gasteiger partial charge in [-0.05, 0) is 58.5 Å². The normalized spacial score (nSPS) is 11.6. The first-order valence-corrected chi connectivity index (χ1v) is 11.6. The van der Waals surface area contributed by atoms with Gasteiger partial charge in [0.2, 0.25) is 0 Å². The van der Waals surface area contributed by atoms with E-state index >= 15 is 0 Å². The first-order valence-electron chi connectivity index (χ1n) is 11.6. The molecular formula is C30H31B2N. The topological polar surface area (TPSA) is 3.24 Å². The standard InChI is InChI=1S/C30H31B2N/c1-30(2,3)24-10-18-28(19-11-24)33(29-20-14-26(32)15-21-29)27-16-8-23(9-17-27)5-4-22-6-12-25(31)13-7-22/h4-21H,31-32H2,1-3H3/b5-4+. The van der Waals surface area contributed by atoms with Crippen molar-refractivity contribution in [1.29, 1.82) is 0 Å². The molecule has 3 heteroatoms. The van der Waals surface area contributed by atoms with E-state index in [1.165, 1.54) is 27.6 Å². The van der Waals surface area contributed by atoms with Crippen molar-refractivity contribution in [2.45, 2.75) is 26.2 Å². The molecule has 0 unspecified atom stereocenters. The average Bonchev–Trinajstić information content (AvgIpc) is 2.81. The molecule has 0 atom stereocenters. The minimum atomic E-state index is 0.138. The van der Waals surface area contributed by atoms with E-state index in [1.54, 1.807) is 0 Å². The van der Waals surface area contributed by atoms with E-state index in [0.717, 1.165) is 17.1 Å². The summed E-state index contributed by atoms with van der Waals surface area (Å²) < 4.78 is 0. The van der Waals surface area contributed by atoms with Gasteiger partial charge in [0.1, 0.15) is 15.7 Å². The van der Waals surface area contributed by atoms with Gasteiger partial charge in [-0.1, -0.05) is 105 Å². The van der Waals surface area contributed by atoms with Gasteiger partial charge in [0, 0.05) is 17.1 Å². The Hall–Kier alpha value is -3.45. The molecule has 1 nitrogen and oxygen atoms in total. The van der Waals surface area contributed by atoms with Gasteiger partial charge >= 0.3 is 0 Å². The van der Waals surface area contributed by atoms with Crippen molar-refractivity contribution in [3.8, 4) is 0 Å². The highest BCUT2D eigenvalue weighted by Gasteiger charge is 2.16. The number of hydrogen-bond acceptors (Lipinski definition) is 1. The zero-order valence-corrected chi connectivity index (χ0v) is 20.3. The molecular weight excluding hydrogens is 396 g/mol. The van der Waals surface area contributed by atoms with E-state index in [0.29, 0.717) is 0 Å². The molecule has 0 amide bonds. The lowest BCUT2D eigenvalue weighted by molar-refractivity contribution is 0.590. The van der Waals surface area contributed by atoms with Crippen molar-refractivity contribution in [1.82, 2.24) is 0 Å². The molecule has 0 fully saturated rings. The van der Waals surface area contributed by atoms with E-state index in [-0.39, 0.29) is 5.41 Å². The molecule has 162 valence electrons. The highest BCUT2D eigenvalue weighted by molar-refractivity contribution is 6.32. The van der Waals surface area contributed by atoms with E-state index in [2.05, 4.69) is 151 Å². The monoisotopic (exact) mass is 427 g/mol. The summed E-state index contributed by atoms with van der Waals surface area (Å²) in [5, 5.41) is 0. The largest absolute Gasteiger partial charge is 0.311 e. The Morgan fingerprint density at radius 2 is 0.848 bits per heavy atom. The lowest BCUT2D eigenvalue weighted by atomic mass is 9.87. The molecule has 0 spiro atoms. The molecule has 0 aliphatic heterocycles. The molecule has 4 aromatic carbocycles. The van der Waals surface area contributed by atoms with Gasteiger partial charge < -0.3 is 4.90 Å². The number of hydrogen-bond donors (Lipinski definition) is 0. The van der Waals surface area contributed by atoms with E-state index < -0.39 is 0 Å². The number of benzene rings is 4. The second kappa shape index (κ2) is 9.58. The Bertz CT molecular complexity index is 1220. The zero-order chi connectivity index (χ0) is 23.4. The molecule has 0 N–H and O–H groups in total. The second-order valence-corrected chi connectivity index (χ2v) is 9.80. The number of rotatable bonds is 5. The third-order valence-corrected chi connectivity index (χ3v) is 5.98. The van der Waals surface area contributed by atoms with Crippen molar-refractivity contribution in [2.75, 3.05) is 4.90 Å². The minimum absolute atomic E-state index is 0.138. The van der Waals surface area contributed by atoms with Crippen LogP contribution < -0.4 is 15.8 Å². The summed E-state index contributed by atoms with van der Waals surface area (Å²) in [6.07, 6.45) is 4.33. The van der Waals surface area contributed by atoms with Crippen molar-refractivity contribution < 1.29 is 0 Å². The maximum atomic E-state index is 2.32. The van der Waals surface area contributed by atoms with Crippen molar-refractivity contribution >= 4 is 55.8 Å². The summed E-state index contributed by atoms with van der Waals surface area (Å²) >= 11 is 0. The van der Waals surface area contributed by atoms with Crippen LogP contribution in [-0.4, -0.2) is 15.7 Å². The van der Waals surface area contributed by atoms with Crippen LogP contribution in [0.1, 0.15) is 37.5 Å². The molecule has 33 heavy (non-hydrogen) atoms. The fraction of sp³-hybridized carbons (Fsp3) is 0.133. The molecule has 0 saturated heterocycles. The van der Waals surface area contributed by atoms with Crippen LogP contribution in [0.3, 0.4) is 0 Å². The molecule has 0 saturated carbocycles. The molecule has 0 aromatic heterocycles. The first-order chi connectivity index (χ1) is 15.8. The van der Waals surface area contributed by atoms with Crippen molar-refractivity contribution in [2.24, 2.45) is 0 Å². The predicted octanol–water partition coefficient (Wildman–Crippen LogP) is 5.14. The number of anilines is 3. The van der Waals surface area contributed by atoms with E-state index in [9.17, 15) is 0 Å². The maximum Gasteiger partial charge on any atom is 0.139 e. The fourth-order valence-corrected chi connectivity index (χ4v) is 3.86. The van der Waals surface area contributed by atoms with Crippen LogP contribution in [0, 0.1) is 0 Å². The molecule has 0 bridgehead atoms. The summed E-state index contributed by atoms with van der Waals surface area (Å²) in [6.45, 7) is 6.76. The van der Waals surface area contributed by atoms with Gasteiger partial charge in [-0.2, -0.15) is 0 Å². The summed E-state index contributed by atoms with van der Waals surface area (Å²) in [5.74, 6) is 0. The molecule has 0 aliphatic carbocycles. The SMILES string of the molecule is Bc1ccc(/C=C/c2ccc(N(c3ccc(B)cc3)c3ccc(C(C)(C)C)cc3)cc2)cc1. The van der Waals surface area contributed by atoms with Crippen LogP contribution >= 0.6 is 0 Å². The van der Waals surface area contributed by atoms with Crippen molar-refractivity contribution in [3.05, 3.63) is 114 Å². The Morgan fingerprint density at radius 1 is 0.515 bits per heavy atom. The zero-order valence-electron chi connectivity index (χ0n) is 20.3. The van der Waals surface area contributed by atoms with Gasteiger partial charge in [0.25, 0.3) is 0 Å². The first kappa shape index (κ1) is 22.7. The highest BCUT2D eigenvalue weighted by atomic mass is 15.1. The summed E-state index contributed by atoms with van der Waals surface area (Å²) in [5.41, 5.74) is 9.89.